The van der Waals surface area contributed by atoms with Gasteiger partial charge in [-0.25, -0.2) is 8.42 Å². The molecule has 0 radical (unpaired) electrons. The molecule has 0 amide bonds. The van der Waals surface area contributed by atoms with Gasteiger partial charge in [0.2, 0.25) is 10.0 Å². The van der Waals surface area contributed by atoms with Crippen LogP contribution >= 0.6 is 0 Å². The van der Waals surface area contributed by atoms with Crippen LogP contribution in [0.5, 0.6) is 0 Å². The lowest BCUT2D eigenvalue weighted by molar-refractivity contribution is 0.00578. The van der Waals surface area contributed by atoms with Crippen molar-refractivity contribution in [3.05, 3.63) is 18.3 Å². The van der Waals surface area contributed by atoms with E-state index in [-0.39, 0.29) is 0 Å². The second kappa shape index (κ2) is 3.85. The first-order valence-corrected chi connectivity index (χ1v) is 7.63. The Morgan fingerprint density at radius 1 is 1.17 bits per heavy atom. The topological polar surface area (TPSA) is 57.5 Å². The van der Waals surface area contributed by atoms with Crippen LogP contribution in [0.3, 0.4) is 0 Å². The van der Waals surface area contributed by atoms with Crippen LogP contribution in [0.25, 0.3) is 0 Å². The van der Waals surface area contributed by atoms with Crippen molar-refractivity contribution in [1.82, 2.24) is 3.97 Å². The normalized spacial score (nSPS) is 22.4. The Bertz CT molecular complexity index is 545. The third-order valence-electron chi connectivity index (χ3n) is 3.59. The van der Waals surface area contributed by atoms with Gasteiger partial charge in [0.1, 0.15) is 0 Å². The highest BCUT2D eigenvalue weighted by molar-refractivity contribution is 7.89. The van der Waals surface area contributed by atoms with Crippen molar-refractivity contribution >= 4 is 22.7 Å². The minimum Gasteiger partial charge on any atom is -0.398 e. The maximum atomic E-state index is 11.6. The first kappa shape index (κ1) is 13.6. The van der Waals surface area contributed by atoms with Gasteiger partial charge in [0.05, 0.1) is 23.1 Å². The largest absolute Gasteiger partial charge is 0.513 e. The average Bonchev–Trinajstić information content (AvgIpc) is 2.68. The number of rotatable bonds is 2. The minimum absolute atomic E-state index is 0.482. The quantitative estimate of drug-likeness (QED) is 0.739. The van der Waals surface area contributed by atoms with Crippen LogP contribution in [-0.4, -0.2) is 37.0 Å². The molecule has 2 heterocycles. The smallest absolute Gasteiger partial charge is 0.398 e. The van der Waals surface area contributed by atoms with Gasteiger partial charge in [-0.05, 0) is 39.8 Å². The van der Waals surface area contributed by atoms with Crippen LogP contribution < -0.4 is 5.59 Å². The van der Waals surface area contributed by atoms with E-state index < -0.39 is 28.3 Å². The Kier molecular flexibility index (Phi) is 2.92. The summed E-state index contributed by atoms with van der Waals surface area (Å²) in [5.41, 5.74) is -0.467. The standard InChI is InChI=1S/C11H18BNO4S/c1-10(2)11(3,4)17-12(16-10)9-7-6-8-13(9)18(5,14)15/h6-8H,1-5H3. The van der Waals surface area contributed by atoms with Crippen molar-refractivity contribution in [3.63, 3.8) is 0 Å². The molecule has 0 saturated carbocycles. The van der Waals surface area contributed by atoms with Crippen LogP contribution in [0.2, 0.25) is 0 Å². The molecule has 0 aromatic carbocycles. The summed E-state index contributed by atoms with van der Waals surface area (Å²) in [6.45, 7) is 7.73. The summed E-state index contributed by atoms with van der Waals surface area (Å²) < 4.78 is 36.2. The average molecular weight is 271 g/mol. The van der Waals surface area contributed by atoms with E-state index in [4.69, 9.17) is 9.31 Å². The molecule has 18 heavy (non-hydrogen) atoms. The third-order valence-corrected chi connectivity index (χ3v) is 4.64. The van der Waals surface area contributed by atoms with Crippen LogP contribution in [-0.2, 0) is 19.3 Å². The molecule has 100 valence electrons. The molecular weight excluding hydrogens is 253 g/mol. The summed E-state index contributed by atoms with van der Waals surface area (Å²) in [7, 11) is -4.01. The lowest BCUT2D eigenvalue weighted by Crippen LogP contribution is -2.41. The van der Waals surface area contributed by atoms with Gasteiger partial charge >= 0.3 is 7.12 Å². The SMILES string of the molecule is CC1(C)OB(c2cccn2S(C)(=O)=O)OC1(C)C. The minimum atomic E-state index is -3.35. The molecule has 1 aliphatic rings. The van der Waals surface area contributed by atoms with Gasteiger partial charge in [-0.3, -0.25) is 3.97 Å². The summed E-state index contributed by atoms with van der Waals surface area (Å²) in [5, 5.41) is 0. The third kappa shape index (κ3) is 2.11. The summed E-state index contributed by atoms with van der Waals surface area (Å²) in [6, 6.07) is 3.37. The zero-order valence-electron chi connectivity index (χ0n) is 11.3. The zero-order valence-corrected chi connectivity index (χ0v) is 12.1. The monoisotopic (exact) mass is 271 g/mol. The van der Waals surface area contributed by atoms with E-state index in [0.717, 1.165) is 6.26 Å². The zero-order chi connectivity index (χ0) is 13.8. The van der Waals surface area contributed by atoms with Gasteiger partial charge in [0.15, 0.2) is 0 Å². The molecule has 2 rings (SSSR count). The lowest BCUT2D eigenvalue weighted by Gasteiger charge is -2.32. The molecule has 1 aromatic rings. The van der Waals surface area contributed by atoms with E-state index in [1.807, 2.05) is 27.7 Å². The Hall–Kier alpha value is -0.785. The first-order valence-electron chi connectivity index (χ1n) is 5.78. The molecule has 1 aliphatic heterocycles. The Labute approximate surface area is 108 Å². The highest BCUT2D eigenvalue weighted by Gasteiger charge is 2.52. The molecule has 1 saturated heterocycles. The van der Waals surface area contributed by atoms with Gasteiger partial charge in [0, 0.05) is 6.20 Å². The molecule has 0 atom stereocenters. The van der Waals surface area contributed by atoms with Gasteiger partial charge in [0.25, 0.3) is 0 Å². The van der Waals surface area contributed by atoms with Crippen molar-refractivity contribution in [3.8, 4) is 0 Å². The summed E-state index contributed by atoms with van der Waals surface area (Å²) in [5.74, 6) is 0. The van der Waals surface area contributed by atoms with Crippen LogP contribution in [0.15, 0.2) is 18.3 Å². The molecule has 0 N–H and O–H groups in total. The summed E-state index contributed by atoms with van der Waals surface area (Å²) in [6.07, 6.45) is 2.65. The van der Waals surface area contributed by atoms with Crippen molar-refractivity contribution in [2.45, 2.75) is 38.9 Å². The number of nitrogens with zero attached hydrogens (tertiary/aromatic N) is 1. The molecule has 0 aliphatic carbocycles. The molecule has 0 bridgehead atoms. The van der Waals surface area contributed by atoms with Gasteiger partial charge in [-0.1, -0.05) is 0 Å². The highest BCUT2D eigenvalue weighted by atomic mass is 32.2. The van der Waals surface area contributed by atoms with E-state index in [1.165, 1.54) is 10.2 Å². The second-order valence-electron chi connectivity index (χ2n) is 5.58. The maximum Gasteiger partial charge on any atom is 0.513 e. The predicted octanol–water partition coefficient (Wildman–Crippen LogP) is 0.595. The fraction of sp³-hybridized carbons (Fsp3) is 0.636. The summed E-state index contributed by atoms with van der Waals surface area (Å²) in [4.78, 5) is 0. The fourth-order valence-electron chi connectivity index (χ4n) is 1.83. The maximum absolute atomic E-state index is 11.6. The molecule has 5 nitrogen and oxygen atoms in total. The van der Waals surface area contributed by atoms with E-state index in [0.29, 0.717) is 5.59 Å². The van der Waals surface area contributed by atoms with Crippen LogP contribution in [0.1, 0.15) is 27.7 Å². The predicted molar refractivity (Wildman–Crippen MR) is 70.4 cm³/mol. The Balaban J connectivity index is 2.40. The number of aromatic nitrogens is 1. The highest BCUT2D eigenvalue weighted by Crippen LogP contribution is 2.36. The van der Waals surface area contributed by atoms with Gasteiger partial charge < -0.3 is 9.31 Å². The Morgan fingerprint density at radius 2 is 1.67 bits per heavy atom. The second-order valence-corrected chi connectivity index (χ2v) is 7.44. The van der Waals surface area contributed by atoms with Crippen molar-refractivity contribution < 1.29 is 17.7 Å². The van der Waals surface area contributed by atoms with Crippen molar-refractivity contribution in [2.24, 2.45) is 0 Å². The number of hydrogen-bond donors (Lipinski definition) is 0. The number of hydrogen-bond acceptors (Lipinski definition) is 4. The van der Waals surface area contributed by atoms with Crippen molar-refractivity contribution in [2.75, 3.05) is 6.26 Å². The molecular formula is C11H18BNO4S. The van der Waals surface area contributed by atoms with Crippen LogP contribution in [0.4, 0.5) is 0 Å². The molecule has 0 spiro atoms. The van der Waals surface area contributed by atoms with E-state index in [2.05, 4.69) is 0 Å². The molecule has 7 heteroatoms. The fourth-order valence-corrected chi connectivity index (χ4v) is 2.65. The van der Waals surface area contributed by atoms with Gasteiger partial charge in [-0.15, -0.1) is 0 Å². The van der Waals surface area contributed by atoms with E-state index >= 15 is 0 Å². The molecule has 1 aromatic heterocycles. The van der Waals surface area contributed by atoms with E-state index in [1.54, 1.807) is 12.1 Å². The van der Waals surface area contributed by atoms with Crippen molar-refractivity contribution in [1.29, 1.82) is 0 Å². The summed E-state index contributed by atoms with van der Waals surface area (Å²) >= 11 is 0. The molecule has 1 fully saturated rings. The lowest BCUT2D eigenvalue weighted by atomic mass is 9.85. The first-order chi connectivity index (χ1) is 8.05. The van der Waals surface area contributed by atoms with Gasteiger partial charge in [-0.2, -0.15) is 0 Å². The van der Waals surface area contributed by atoms with E-state index in [9.17, 15) is 8.42 Å². The molecule has 0 unspecified atom stereocenters. The Morgan fingerprint density at radius 3 is 2.11 bits per heavy atom. The van der Waals surface area contributed by atoms with Crippen LogP contribution in [0, 0.1) is 0 Å².